The molecule has 0 aromatic heterocycles. The maximum absolute atomic E-state index is 11.7. The van der Waals surface area contributed by atoms with E-state index >= 15 is 0 Å². The van der Waals surface area contributed by atoms with E-state index < -0.39 is 10.2 Å². The summed E-state index contributed by atoms with van der Waals surface area (Å²) in [5.74, 6) is 1.37. The van der Waals surface area contributed by atoms with E-state index in [4.69, 9.17) is 4.74 Å². The van der Waals surface area contributed by atoms with Gasteiger partial charge in [-0.2, -0.15) is 12.7 Å². The van der Waals surface area contributed by atoms with Crippen LogP contribution in [0.5, 0.6) is 11.5 Å². The van der Waals surface area contributed by atoms with Gasteiger partial charge in [-0.1, -0.05) is 18.2 Å². The molecule has 2 aromatic rings. The highest BCUT2D eigenvalue weighted by Gasteiger charge is 2.12. The lowest BCUT2D eigenvalue weighted by molar-refractivity contribution is 0.483. The number of anilines is 1. The van der Waals surface area contributed by atoms with Gasteiger partial charge in [-0.05, 0) is 36.4 Å². The first-order valence-corrected chi connectivity index (χ1v) is 7.44. The van der Waals surface area contributed by atoms with Crippen LogP contribution in [0.25, 0.3) is 0 Å². The molecule has 0 radical (unpaired) electrons. The highest BCUT2D eigenvalue weighted by Crippen LogP contribution is 2.23. The normalized spacial score (nSPS) is 11.3. The van der Waals surface area contributed by atoms with Crippen molar-refractivity contribution in [1.82, 2.24) is 4.31 Å². The number of hydrogen-bond donors (Lipinski definition) is 1. The summed E-state index contributed by atoms with van der Waals surface area (Å²) < 4.78 is 32.5. The second-order valence-electron chi connectivity index (χ2n) is 4.33. The molecular formula is C14H16N2O3S. The van der Waals surface area contributed by atoms with Crippen LogP contribution in [0.4, 0.5) is 5.69 Å². The van der Waals surface area contributed by atoms with Crippen molar-refractivity contribution in [2.45, 2.75) is 0 Å². The smallest absolute Gasteiger partial charge is 0.301 e. The summed E-state index contributed by atoms with van der Waals surface area (Å²) in [5, 5.41) is 0. The largest absolute Gasteiger partial charge is 0.457 e. The molecule has 0 saturated carbocycles. The molecule has 0 spiro atoms. The molecule has 0 atom stereocenters. The maximum atomic E-state index is 11.7. The first-order valence-electron chi connectivity index (χ1n) is 6.00. The third kappa shape index (κ3) is 3.72. The van der Waals surface area contributed by atoms with Crippen LogP contribution in [-0.2, 0) is 10.2 Å². The number of para-hydroxylation sites is 1. The van der Waals surface area contributed by atoms with Gasteiger partial charge in [0, 0.05) is 14.1 Å². The lowest BCUT2D eigenvalue weighted by atomic mass is 10.3. The van der Waals surface area contributed by atoms with Gasteiger partial charge in [0.05, 0.1) is 5.69 Å². The van der Waals surface area contributed by atoms with Gasteiger partial charge >= 0.3 is 10.2 Å². The highest BCUT2D eigenvalue weighted by molar-refractivity contribution is 7.90. The molecule has 0 amide bonds. The molecule has 6 heteroatoms. The van der Waals surface area contributed by atoms with Crippen LogP contribution >= 0.6 is 0 Å². The Morgan fingerprint density at radius 1 is 0.900 bits per heavy atom. The Hall–Kier alpha value is -2.05. The summed E-state index contributed by atoms with van der Waals surface area (Å²) in [7, 11) is -0.546. The zero-order valence-electron chi connectivity index (χ0n) is 11.3. The van der Waals surface area contributed by atoms with E-state index in [0.29, 0.717) is 11.4 Å². The fourth-order valence-corrected chi connectivity index (χ4v) is 2.07. The summed E-state index contributed by atoms with van der Waals surface area (Å²) in [4.78, 5) is 0. The van der Waals surface area contributed by atoms with Gasteiger partial charge in [0.2, 0.25) is 0 Å². The van der Waals surface area contributed by atoms with Crippen LogP contribution in [0.2, 0.25) is 0 Å². The minimum absolute atomic E-state index is 0.485. The lowest BCUT2D eigenvalue weighted by Gasteiger charge is -2.13. The molecule has 0 unspecified atom stereocenters. The second-order valence-corrected chi connectivity index (χ2v) is 6.21. The molecule has 0 bridgehead atoms. The molecule has 106 valence electrons. The van der Waals surface area contributed by atoms with Crippen LogP contribution in [0.1, 0.15) is 0 Å². The fraction of sp³-hybridized carbons (Fsp3) is 0.143. The summed E-state index contributed by atoms with van der Waals surface area (Å²) in [5.41, 5.74) is 0.485. The molecular weight excluding hydrogens is 276 g/mol. The Morgan fingerprint density at radius 2 is 1.45 bits per heavy atom. The molecule has 0 aliphatic heterocycles. The van der Waals surface area contributed by atoms with Gasteiger partial charge < -0.3 is 4.74 Å². The average Bonchev–Trinajstić information content (AvgIpc) is 2.42. The van der Waals surface area contributed by atoms with E-state index in [1.807, 2.05) is 30.3 Å². The van der Waals surface area contributed by atoms with Gasteiger partial charge in [-0.3, -0.25) is 4.72 Å². The number of rotatable bonds is 5. The Labute approximate surface area is 119 Å². The Bertz CT molecular complexity index is 653. The van der Waals surface area contributed by atoms with Crippen molar-refractivity contribution in [3.05, 3.63) is 54.6 Å². The zero-order valence-corrected chi connectivity index (χ0v) is 12.1. The first kappa shape index (κ1) is 14.4. The number of nitrogens with one attached hydrogen (secondary N) is 1. The third-order valence-electron chi connectivity index (χ3n) is 2.56. The van der Waals surface area contributed by atoms with Crippen LogP contribution in [0, 0.1) is 0 Å². The van der Waals surface area contributed by atoms with Crippen molar-refractivity contribution < 1.29 is 13.2 Å². The summed E-state index contributed by atoms with van der Waals surface area (Å²) in [6, 6.07) is 16.1. The zero-order chi connectivity index (χ0) is 14.6. The molecule has 0 aliphatic carbocycles. The quantitative estimate of drug-likeness (QED) is 0.921. The van der Waals surface area contributed by atoms with Crippen molar-refractivity contribution in [2.24, 2.45) is 0 Å². The van der Waals surface area contributed by atoms with E-state index in [-0.39, 0.29) is 0 Å². The molecule has 0 aliphatic rings. The minimum atomic E-state index is -3.48. The van der Waals surface area contributed by atoms with Crippen molar-refractivity contribution >= 4 is 15.9 Å². The van der Waals surface area contributed by atoms with E-state index in [1.54, 1.807) is 24.3 Å². The van der Waals surface area contributed by atoms with Gasteiger partial charge in [-0.25, -0.2) is 0 Å². The highest BCUT2D eigenvalue weighted by atomic mass is 32.2. The average molecular weight is 292 g/mol. The second kappa shape index (κ2) is 5.94. The molecule has 1 N–H and O–H groups in total. The van der Waals surface area contributed by atoms with Gasteiger partial charge in [-0.15, -0.1) is 0 Å². The Kier molecular flexibility index (Phi) is 4.26. The van der Waals surface area contributed by atoms with E-state index in [1.165, 1.54) is 14.1 Å². The van der Waals surface area contributed by atoms with Crippen LogP contribution in [-0.4, -0.2) is 26.8 Å². The third-order valence-corrected chi connectivity index (χ3v) is 4.02. The number of ether oxygens (including phenoxy) is 1. The predicted molar refractivity (Wildman–Crippen MR) is 79.2 cm³/mol. The van der Waals surface area contributed by atoms with Crippen LogP contribution in [0.3, 0.4) is 0 Å². The Morgan fingerprint density at radius 3 is 2.00 bits per heavy atom. The molecule has 2 aromatic carbocycles. The molecule has 0 saturated heterocycles. The number of hydrogen-bond acceptors (Lipinski definition) is 3. The van der Waals surface area contributed by atoms with Gasteiger partial charge in [0.1, 0.15) is 11.5 Å². The van der Waals surface area contributed by atoms with Gasteiger partial charge in [0.25, 0.3) is 0 Å². The lowest BCUT2D eigenvalue weighted by Crippen LogP contribution is -2.28. The molecule has 20 heavy (non-hydrogen) atoms. The monoisotopic (exact) mass is 292 g/mol. The van der Waals surface area contributed by atoms with Crippen molar-refractivity contribution in [2.75, 3.05) is 18.8 Å². The predicted octanol–water partition coefficient (Wildman–Crippen LogP) is 2.70. The van der Waals surface area contributed by atoms with E-state index in [0.717, 1.165) is 10.1 Å². The Balaban J connectivity index is 2.07. The first-order chi connectivity index (χ1) is 9.47. The van der Waals surface area contributed by atoms with E-state index in [2.05, 4.69) is 4.72 Å². The molecule has 5 nitrogen and oxygen atoms in total. The standard InChI is InChI=1S/C14H16N2O3S/c1-16(2)20(17,18)15-12-8-10-14(11-9-12)19-13-6-4-3-5-7-13/h3-11,15H,1-2H3. The topological polar surface area (TPSA) is 58.6 Å². The fourth-order valence-electron chi connectivity index (χ4n) is 1.46. The van der Waals surface area contributed by atoms with Crippen molar-refractivity contribution in [1.29, 1.82) is 0 Å². The van der Waals surface area contributed by atoms with Crippen LogP contribution < -0.4 is 9.46 Å². The minimum Gasteiger partial charge on any atom is -0.457 e. The molecule has 2 rings (SSSR count). The number of benzene rings is 2. The SMILES string of the molecule is CN(C)S(=O)(=O)Nc1ccc(Oc2ccccc2)cc1. The summed E-state index contributed by atoms with van der Waals surface area (Å²) in [6.07, 6.45) is 0. The molecule has 0 fully saturated rings. The van der Waals surface area contributed by atoms with Gasteiger partial charge in [0.15, 0.2) is 0 Å². The molecule has 0 heterocycles. The summed E-state index contributed by atoms with van der Waals surface area (Å²) in [6.45, 7) is 0. The van der Waals surface area contributed by atoms with E-state index in [9.17, 15) is 8.42 Å². The maximum Gasteiger partial charge on any atom is 0.301 e. The summed E-state index contributed by atoms with van der Waals surface area (Å²) >= 11 is 0. The van der Waals surface area contributed by atoms with Crippen LogP contribution in [0.15, 0.2) is 54.6 Å². The van der Waals surface area contributed by atoms with Crippen molar-refractivity contribution in [3.63, 3.8) is 0 Å². The van der Waals surface area contributed by atoms with Crippen molar-refractivity contribution in [3.8, 4) is 11.5 Å². The number of nitrogens with zero attached hydrogens (tertiary/aromatic N) is 1.